The second-order valence-electron chi connectivity index (χ2n) is 1.65. The summed E-state index contributed by atoms with van der Waals surface area (Å²) in [5, 5.41) is 0. The van der Waals surface area contributed by atoms with Crippen molar-refractivity contribution >= 4 is 17.6 Å². The molecule has 0 bridgehead atoms. The third kappa shape index (κ3) is 1.93. The molecule has 1 rings (SSSR count). The van der Waals surface area contributed by atoms with Crippen LogP contribution >= 0.6 is 11.5 Å². The van der Waals surface area contributed by atoms with Crippen LogP contribution in [-0.4, -0.2) is 4.37 Å². The molecule has 1 heterocycles. The minimum Gasteiger partial charge on any atom is -0.212 e. The first-order valence-electron chi connectivity index (χ1n) is 2.53. The first kappa shape index (κ1) is 6.42. The molecule has 0 atom stereocenters. The number of hydrogen-bond acceptors (Lipinski definition) is 2. The van der Waals surface area contributed by atoms with Crippen LogP contribution < -0.4 is 0 Å². The van der Waals surface area contributed by atoms with E-state index < -0.39 is 0 Å². The van der Waals surface area contributed by atoms with E-state index in [4.69, 9.17) is 0 Å². The average molecular weight is 143 g/mol. The summed E-state index contributed by atoms with van der Waals surface area (Å²) in [6.45, 7) is 1.42. The van der Waals surface area contributed by atoms with Crippen molar-refractivity contribution in [3.63, 3.8) is 0 Å². The zero-order chi connectivity index (χ0) is 6.69. The van der Waals surface area contributed by atoms with Crippen molar-refractivity contribution in [3.8, 4) is 0 Å². The van der Waals surface area contributed by atoms with Gasteiger partial charge in [-0.05, 0) is 30.6 Å². The van der Waals surface area contributed by atoms with Crippen molar-refractivity contribution in [3.05, 3.63) is 23.0 Å². The Labute approximate surface area is 57.0 Å². The van der Waals surface area contributed by atoms with Gasteiger partial charge < -0.3 is 0 Å². The summed E-state index contributed by atoms with van der Waals surface area (Å²) in [6.07, 6.45) is 3.11. The summed E-state index contributed by atoms with van der Waals surface area (Å²) in [5.41, 5.74) is 0. The second kappa shape index (κ2) is 2.73. The van der Waals surface area contributed by atoms with Gasteiger partial charge in [-0.3, -0.25) is 0 Å². The highest BCUT2D eigenvalue weighted by Gasteiger charge is 1.88. The molecule has 0 aliphatic carbocycles. The molecule has 0 aliphatic heterocycles. The molecule has 1 nitrogen and oxygen atoms in total. The molecule has 9 heavy (non-hydrogen) atoms. The van der Waals surface area contributed by atoms with Crippen molar-refractivity contribution in [1.29, 1.82) is 0 Å². The van der Waals surface area contributed by atoms with Crippen LogP contribution in [0.3, 0.4) is 0 Å². The fraction of sp³-hybridized carbons (Fsp3) is 0.167. The summed E-state index contributed by atoms with van der Waals surface area (Å²) in [5.74, 6) is -0.181. The Hall–Kier alpha value is -0.700. The van der Waals surface area contributed by atoms with E-state index in [-0.39, 0.29) is 5.83 Å². The first-order valence-corrected chi connectivity index (χ1v) is 3.31. The van der Waals surface area contributed by atoms with Crippen LogP contribution in [0.2, 0.25) is 0 Å². The quantitative estimate of drug-likeness (QED) is 0.588. The molecule has 1 aromatic heterocycles. The number of aromatic nitrogens is 1. The molecule has 0 aromatic carbocycles. The molecule has 0 N–H and O–H groups in total. The van der Waals surface area contributed by atoms with Crippen molar-refractivity contribution in [2.45, 2.75) is 6.92 Å². The van der Waals surface area contributed by atoms with Crippen molar-refractivity contribution in [2.24, 2.45) is 0 Å². The molecule has 0 aliphatic rings. The third-order valence-electron chi connectivity index (χ3n) is 0.799. The van der Waals surface area contributed by atoms with Gasteiger partial charge >= 0.3 is 0 Å². The molecule has 0 unspecified atom stereocenters. The van der Waals surface area contributed by atoms with Crippen molar-refractivity contribution in [2.75, 3.05) is 0 Å². The Morgan fingerprint density at radius 3 is 3.11 bits per heavy atom. The predicted octanol–water partition coefficient (Wildman–Crippen LogP) is 2.47. The maximum atomic E-state index is 12.1. The van der Waals surface area contributed by atoms with E-state index >= 15 is 0 Å². The summed E-state index contributed by atoms with van der Waals surface area (Å²) in [4.78, 5) is 0.856. The van der Waals surface area contributed by atoms with E-state index in [1.165, 1.54) is 24.5 Å². The van der Waals surface area contributed by atoms with E-state index in [0.29, 0.717) is 0 Å². The van der Waals surface area contributed by atoms with Gasteiger partial charge in [0.2, 0.25) is 0 Å². The second-order valence-corrected chi connectivity index (χ2v) is 2.51. The summed E-state index contributed by atoms with van der Waals surface area (Å²) >= 11 is 1.28. The Kier molecular flexibility index (Phi) is 1.95. The van der Waals surface area contributed by atoms with E-state index in [1.54, 1.807) is 12.3 Å². The van der Waals surface area contributed by atoms with Gasteiger partial charge in [-0.15, -0.1) is 0 Å². The minimum absolute atomic E-state index is 0.181. The predicted molar refractivity (Wildman–Crippen MR) is 36.9 cm³/mol. The monoisotopic (exact) mass is 143 g/mol. The van der Waals surface area contributed by atoms with E-state index in [0.717, 1.165) is 4.88 Å². The molecule has 0 saturated carbocycles. The Morgan fingerprint density at radius 1 is 1.89 bits per heavy atom. The highest BCUT2D eigenvalue weighted by Crippen LogP contribution is 2.10. The molecule has 0 spiro atoms. The molecular weight excluding hydrogens is 137 g/mol. The van der Waals surface area contributed by atoms with Gasteiger partial charge in [-0.2, -0.15) is 0 Å². The van der Waals surface area contributed by atoms with Crippen LogP contribution in [0.1, 0.15) is 11.8 Å². The summed E-state index contributed by atoms with van der Waals surface area (Å²) in [6, 6.07) is 1.77. The Bertz CT molecular complexity index is 199. The van der Waals surface area contributed by atoms with Crippen LogP contribution in [0.5, 0.6) is 0 Å². The molecule has 0 saturated heterocycles. The number of halogens is 1. The van der Waals surface area contributed by atoms with Gasteiger partial charge in [0, 0.05) is 6.20 Å². The number of nitrogens with zero attached hydrogens (tertiary/aromatic N) is 1. The molecule has 48 valence electrons. The molecule has 0 fully saturated rings. The van der Waals surface area contributed by atoms with Gasteiger partial charge in [-0.1, -0.05) is 0 Å². The van der Waals surface area contributed by atoms with Crippen LogP contribution in [0.15, 0.2) is 18.1 Å². The van der Waals surface area contributed by atoms with Gasteiger partial charge in [0.1, 0.15) is 0 Å². The maximum Gasteiger partial charge on any atom is 0.0983 e. The smallest absolute Gasteiger partial charge is 0.0983 e. The normalized spacial score (nSPS) is 12.0. The molecule has 1 aromatic rings. The average Bonchev–Trinajstić information content (AvgIpc) is 2.15. The lowest BCUT2D eigenvalue weighted by Crippen LogP contribution is -1.58. The standard InChI is InChI=1S/C6H6FNS/c1-5(7)4-6-2-3-8-9-6/h2-4H,1H3/b5-4-. The number of rotatable bonds is 1. The van der Waals surface area contributed by atoms with Crippen LogP contribution in [0.25, 0.3) is 6.08 Å². The van der Waals surface area contributed by atoms with E-state index in [1.807, 2.05) is 0 Å². The zero-order valence-electron chi connectivity index (χ0n) is 4.97. The Balaban J connectivity index is 2.80. The number of allylic oxidation sites excluding steroid dienone is 1. The van der Waals surface area contributed by atoms with Crippen LogP contribution in [0.4, 0.5) is 4.39 Å². The van der Waals surface area contributed by atoms with Gasteiger partial charge in [0.05, 0.1) is 10.7 Å². The van der Waals surface area contributed by atoms with Gasteiger partial charge in [0.25, 0.3) is 0 Å². The van der Waals surface area contributed by atoms with E-state index in [9.17, 15) is 4.39 Å². The number of hydrogen-bond donors (Lipinski definition) is 0. The van der Waals surface area contributed by atoms with Crippen LogP contribution in [-0.2, 0) is 0 Å². The lowest BCUT2D eigenvalue weighted by atomic mass is 10.4. The zero-order valence-corrected chi connectivity index (χ0v) is 5.78. The summed E-state index contributed by atoms with van der Waals surface area (Å²) < 4.78 is 15.9. The van der Waals surface area contributed by atoms with E-state index in [2.05, 4.69) is 4.37 Å². The summed E-state index contributed by atoms with van der Waals surface area (Å²) in [7, 11) is 0. The molecular formula is C6H6FNS. The highest BCUT2D eigenvalue weighted by atomic mass is 32.1. The topological polar surface area (TPSA) is 12.9 Å². The third-order valence-corrected chi connectivity index (χ3v) is 1.49. The largest absolute Gasteiger partial charge is 0.212 e. The van der Waals surface area contributed by atoms with Gasteiger partial charge in [0.15, 0.2) is 0 Å². The van der Waals surface area contributed by atoms with Gasteiger partial charge in [-0.25, -0.2) is 8.76 Å². The fourth-order valence-corrected chi connectivity index (χ4v) is 1.08. The maximum absolute atomic E-state index is 12.1. The molecule has 0 radical (unpaired) electrons. The SMILES string of the molecule is C/C(F)=C/c1ccns1. The molecule has 0 amide bonds. The lowest BCUT2D eigenvalue weighted by molar-refractivity contribution is 0.648. The first-order chi connectivity index (χ1) is 4.29. The fourth-order valence-electron chi connectivity index (χ4n) is 0.496. The Morgan fingerprint density at radius 2 is 2.67 bits per heavy atom. The highest BCUT2D eigenvalue weighted by molar-refractivity contribution is 7.06. The lowest BCUT2D eigenvalue weighted by Gasteiger charge is -1.79. The molecule has 3 heteroatoms. The van der Waals surface area contributed by atoms with Crippen molar-refractivity contribution in [1.82, 2.24) is 4.37 Å². The van der Waals surface area contributed by atoms with Crippen LogP contribution in [0, 0.1) is 0 Å². The van der Waals surface area contributed by atoms with Crippen molar-refractivity contribution < 1.29 is 4.39 Å². The minimum atomic E-state index is -0.181.